The molecule has 1 N–H and O–H groups in total. The van der Waals surface area contributed by atoms with Crippen LogP contribution in [-0.4, -0.2) is 16.8 Å². The lowest BCUT2D eigenvalue weighted by Gasteiger charge is -2.03. The third-order valence-electron chi connectivity index (χ3n) is 1.44. The fourth-order valence-corrected chi connectivity index (χ4v) is 1.07. The van der Waals surface area contributed by atoms with E-state index in [0.717, 1.165) is 10.0 Å². The summed E-state index contributed by atoms with van der Waals surface area (Å²) in [5.41, 5.74) is 1.01. The second kappa shape index (κ2) is 4.58. The van der Waals surface area contributed by atoms with Crippen LogP contribution in [0.4, 0.5) is 5.82 Å². The summed E-state index contributed by atoms with van der Waals surface area (Å²) in [6, 6.07) is 1.77. The van der Waals surface area contributed by atoms with E-state index in [-0.39, 0.29) is 11.8 Å². The fourth-order valence-electron chi connectivity index (χ4n) is 0.784. The van der Waals surface area contributed by atoms with Gasteiger partial charge in [-0.15, -0.1) is 11.6 Å². The zero-order valence-corrected chi connectivity index (χ0v) is 9.32. The van der Waals surface area contributed by atoms with Gasteiger partial charge in [-0.05, 0) is 34.5 Å². The normalized spacial score (nSPS) is 9.77. The minimum absolute atomic E-state index is 0.0587. The van der Waals surface area contributed by atoms with Crippen molar-refractivity contribution in [2.45, 2.75) is 6.92 Å². The molecule has 0 aromatic carbocycles. The Balaban J connectivity index is 2.79. The summed E-state index contributed by atoms with van der Waals surface area (Å²) in [6.07, 6.45) is 1.64. The summed E-state index contributed by atoms with van der Waals surface area (Å²) >= 11 is 8.64. The quantitative estimate of drug-likeness (QED) is 0.832. The van der Waals surface area contributed by atoms with Crippen molar-refractivity contribution in [3.8, 4) is 0 Å². The molecule has 1 heterocycles. The Labute approximate surface area is 89.6 Å². The van der Waals surface area contributed by atoms with Gasteiger partial charge >= 0.3 is 0 Å². The maximum absolute atomic E-state index is 10.9. The molecule has 1 amide bonds. The molecule has 3 nitrogen and oxygen atoms in total. The summed E-state index contributed by atoms with van der Waals surface area (Å²) in [5.74, 6) is 0.207. The zero-order chi connectivity index (χ0) is 9.84. The Hall–Kier alpha value is -0.610. The van der Waals surface area contributed by atoms with E-state index in [1.165, 1.54) is 0 Å². The van der Waals surface area contributed by atoms with Crippen LogP contribution < -0.4 is 5.32 Å². The van der Waals surface area contributed by atoms with Crippen LogP contribution in [0.2, 0.25) is 0 Å². The molecule has 0 fully saturated rings. The number of halogens is 2. The number of aromatic nitrogens is 1. The number of aryl methyl sites for hydroxylation is 1. The van der Waals surface area contributed by atoms with Crippen molar-refractivity contribution >= 4 is 39.3 Å². The molecule has 0 aliphatic carbocycles. The highest BCUT2D eigenvalue weighted by Gasteiger charge is 2.02. The van der Waals surface area contributed by atoms with Gasteiger partial charge in [-0.3, -0.25) is 4.79 Å². The Bertz CT molecular complexity index is 330. The predicted octanol–water partition coefficient (Wildman–Crippen LogP) is 2.33. The van der Waals surface area contributed by atoms with Crippen LogP contribution in [-0.2, 0) is 4.79 Å². The van der Waals surface area contributed by atoms with Gasteiger partial charge in [0.25, 0.3) is 0 Å². The second-order valence-electron chi connectivity index (χ2n) is 2.50. The minimum atomic E-state index is -0.254. The first-order valence-electron chi connectivity index (χ1n) is 3.61. The van der Waals surface area contributed by atoms with Gasteiger partial charge in [0.2, 0.25) is 5.91 Å². The SMILES string of the molecule is Cc1cc(NC(=O)CCl)ncc1Br. The number of rotatable bonds is 2. The first-order valence-corrected chi connectivity index (χ1v) is 4.94. The molecule has 0 saturated heterocycles. The highest BCUT2D eigenvalue weighted by molar-refractivity contribution is 9.10. The predicted molar refractivity (Wildman–Crippen MR) is 56.0 cm³/mol. The number of amides is 1. The lowest BCUT2D eigenvalue weighted by atomic mass is 10.3. The van der Waals surface area contributed by atoms with E-state index in [4.69, 9.17) is 11.6 Å². The van der Waals surface area contributed by atoms with Crippen LogP contribution in [0.3, 0.4) is 0 Å². The van der Waals surface area contributed by atoms with E-state index in [1.807, 2.05) is 6.92 Å². The molecular weight excluding hydrogens is 255 g/mol. The summed E-state index contributed by atoms with van der Waals surface area (Å²) in [5, 5.41) is 2.56. The van der Waals surface area contributed by atoms with Crippen molar-refractivity contribution in [1.29, 1.82) is 0 Å². The first kappa shape index (κ1) is 10.5. The molecule has 0 unspecified atom stereocenters. The Morgan fingerprint density at radius 1 is 1.77 bits per heavy atom. The monoisotopic (exact) mass is 262 g/mol. The van der Waals surface area contributed by atoms with Crippen LogP contribution in [0.15, 0.2) is 16.7 Å². The van der Waals surface area contributed by atoms with Gasteiger partial charge in [-0.1, -0.05) is 0 Å². The molecule has 0 aliphatic heterocycles. The van der Waals surface area contributed by atoms with E-state index in [0.29, 0.717) is 5.82 Å². The third kappa shape index (κ3) is 2.97. The average Bonchev–Trinajstić information content (AvgIpc) is 2.11. The van der Waals surface area contributed by atoms with Crippen LogP contribution in [0, 0.1) is 6.92 Å². The van der Waals surface area contributed by atoms with Crippen molar-refractivity contribution in [3.63, 3.8) is 0 Å². The maximum atomic E-state index is 10.9. The van der Waals surface area contributed by atoms with Crippen molar-refractivity contribution in [2.75, 3.05) is 11.2 Å². The van der Waals surface area contributed by atoms with Gasteiger partial charge in [0.05, 0.1) is 0 Å². The highest BCUT2D eigenvalue weighted by Crippen LogP contribution is 2.16. The van der Waals surface area contributed by atoms with Crippen molar-refractivity contribution in [2.24, 2.45) is 0 Å². The molecule has 0 saturated carbocycles. The van der Waals surface area contributed by atoms with Gasteiger partial charge in [0, 0.05) is 10.7 Å². The second-order valence-corrected chi connectivity index (χ2v) is 3.62. The number of alkyl halides is 1. The molecule has 5 heteroatoms. The van der Waals surface area contributed by atoms with Crippen LogP contribution in [0.25, 0.3) is 0 Å². The molecular formula is C8H8BrClN2O. The standard InChI is InChI=1S/C8H8BrClN2O/c1-5-2-7(11-4-6(5)9)12-8(13)3-10/h2,4H,3H2,1H3,(H,11,12,13). The molecule has 1 rings (SSSR count). The minimum Gasteiger partial charge on any atom is -0.310 e. The lowest BCUT2D eigenvalue weighted by molar-refractivity contribution is -0.113. The molecule has 0 aliphatic rings. The molecule has 1 aromatic rings. The molecule has 13 heavy (non-hydrogen) atoms. The Morgan fingerprint density at radius 3 is 3.00 bits per heavy atom. The van der Waals surface area contributed by atoms with E-state index in [9.17, 15) is 4.79 Å². The third-order valence-corrected chi connectivity index (χ3v) is 2.51. The Kier molecular flexibility index (Phi) is 3.69. The van der Waals surface area contributed by atoms with E-state index in [2.05, 4.69) is 26.2 Å². The number of nitrogens with zero attached hydrogens (tertiary/aromatic N) is 1. The highest BCUT2D eigenvalue weighted by atomic mass is 79.9. The molecule has 0 spiro atoms. The van der Waals surface area contributed by atoms with Gasteiger partial charge in [-0.25, -0.2) is 4.98 Å². The number of pyridine rings is 1. The number of nitrogens with one attached hydrogen (secondary N) is 1. The van der Waals surface area contributed by atoms with Crippen molar-refractivity contribution < 1.29 is 4.79 Å². The summed E-state index contributed by atoms with van der Waals surface area (Å²) in [6.45, 7) is 1.92. The number of hydrogen-bond acceptors (Lipinski definition) is 2. The number of anilines is 1. The van der Waals surface area contributed by atoms with Crippen LogP contribution >= 0.6 is 27.5 Å². The van der Waals surface area contributed by atoms with Gasteiger partial charge in [0.1, 0.15) is 11.7 Å². The largest absolute Gasteiger partial charge is 0.310 e. The average molecular weight is 264 g/mol. The summed E-state index contributed by atoms with van der Waals surface area (Å²) < 4.78 is 0.913. The first-order chi connectivity index (χ1) is 6.13. The van der Waals surface area contributed by atoms with Crippen molar-refractivity contribution in [3.05, 3.63) is 22.3 Å². The van der Waals surface area contributed by atoms with Crippen LogP contribution in [0.1, 0.15) is 5.56 Å². The van der Waals surface area contributed by atoms with Gasteiger partial charge in [0.15, 0.2) is 0 Å². The number of hydrogen-bond donors (Lipinski definition) is 1. The maximum Gasteiger partial charge on any atom is 0.240 e. The number of carbonyl (C=O) groups is 1. The van der Waals surface area contributed by atoms with Crippen LogP contribution in [0.5, 0.6) is 0 Å². The Morgan fingerprint density at radius 2 is 2.46 bits per heavy atom. The molecule has 0 radical (unpaired) electrons. The summed E-state index contributed by atoms with van der Waals surface area (Å²) in [7, 11) is 0. The molecule has 70 valence electrons. The van der Waals surface area contributed by atoms with Gasteiger partial charge in [-0.2, -0.15) is 0 Å². The van der Waals surface area contributed by atoms with Crippen molar-refractivity contribution in [1.82, 2.24) is 4.98 Å². The molecule has 1 aromatic heterocycles. The molecule has 0 bridgehead atoms. The fraction of sp³-hybridized carbons (Fsp3) is 0.250. The van der Waals surface area contributed by atoms with E-state index < -0.39 is 0 Å². The topological polar surface area (TPSA) is 42.0 Å². The lowest BCUT2D eigenvalue weighted by Crippen LogP contribution is -2.13. The number of carbonyl (C=O) groups excluding carboxylic acids is 1. The van der Waals surface area contributed by atoms with E-state index in [1.54, 1.807) is 12.3 Å². The van der Waals surface area contributed by atoms with Gasteiger partial charge < -0.3 is 5.32 Å². The van der Waals surface area contributed by atoms with E-state index >= 15 is 0 Å². The molecule has 0 atom stereocenters. The zero-order valence-electron chi connectivity index (χ0n) is 6.97. The summed E-state index contributed by atoms with van der Waals surface area (Å²) in [4.78, 5) is 14.9. The smallest absolute Gasteiger partial charge is 0.240 e.